The second-order valence-electron chi connectivity index (χ2n) is 6.50. The second-order valence-corrected chi connectivity index (χ2v) is 9.61. The van der Waals surface area contributed by atoms with E-state index in [1.165, 1.54) is 15.6 Å². The van der Waals surface area contributed by atoms with Crippen molar-refractivity contribution in [2.24, 2.45) is 11.8 Å². The molecule has 25 heavy (non-hydrogen) atoms. The molecule has 0 radical (unpaired) electrons. The molecule has 9 heteroatoms. The van der Waals surface area contributed by atoms with Crippen LogP contribution in [0, 0.1) is 11.8 Å². The lowest BCUT2D eigenvalue weighted by molar-refractivity contribution is -0.152. The maximum atomic E-state index is 12.7. The van der Waals surface area contributed by atoms with Crippen LogP contribution in [0.25, 0.3) is 0 Å². The van der Waals surface area contributed by atoms with Gasteiger partial charge in [-0.2, -0.15) is 4.31 Å². The van der Waals surface area contributed by atoms with Crippen molar-refractivity contribution in [3.63, 3.8) is 0 Å². The Hall–Kier alpha value is -1.45. The lowest BCUT2D eigenvalue weighted by Crippen LogP contribution is -2.53. The number of rotatable bonds is 4. The van der Waals surface area contributed by atoms with Crippen LogP contribution >= 0.6 is 11.3 Å². The van der Waals surface area contributed by atoms with Crippen LogP contribution in [0.5, 0.6) is 0 Å². The summed E-state index contributed by atoms with van der Waals surface area (Å²) in [6, 6.07) is 3.28. The van der Waals surface area contributed by atoms with E-state index in [-0.39, 0.29) is 19.0 Å². The Balaban J connectivity index is 1.64. The van der Waals surface area contributed by atoms with Crippen molar-refractivity contribution >= 4 is 33.2 Å². The summed E-state index contributed by atoms with van der Waals surface area (Å²) in [7, 11) is -3.50. The fourth-order valence-corrected chi connectivity index (χ4v) is 6.21. The summed E-state index contributed by atoms with van der Waals surface area (Å²) in [6.07, 6.45) is 2.85. The Morgan fingerprint density at radius 1 is 1.08 bits per heavy atom. The first-order chi connectivity index (χ1) is 11.9. The highest BCUT2D eigenvalue weighted by molar-refractivity contribution is 7.91. The first-order valence-corrected chi connectivity index (χ1v) is 10.8. The standard InChI is InChI=1S/C16H22N2O5S2/c19-15(12-4-1-2-5-13(12)16(20)21)17-7-9-18(10-8-17)25(22,23)14-6-3-11-24-14/h3,6,11-13H,1-2,4-5,7-10H2,(H,20,21)/t12-,13-/m1/s1. The molecule has 1 aromatic heterocycles. The zero-order chi connectivity index (χ0) is 18.0. The largest absolute Gasteiger partial charge is 0.481 e. The van der Waals surface area contributed by atoms with Crippen LogP contribution in [-0.4, -0.2) is 60.8 Å². The first kappa shape index (κ1) is 18.3. The molecule has 2 aliphatic rings. The molecule has 3 rings (SSSR count). The molecule has 1 amide bonds. The second kappa shape index (κ2) is 7.43. The number of hydrogen-bond donors (Lipinski definition) is 1. The number of nitrogens with zero attached hydrogens (tertiary/aromatic N) is 2. The molecule has 0 unspecified atom stereocenters. The average molecular weight is 386 g/mol. The van der Waals surface area contributed by atoms with E-state index in [1.54, 1.807) is 22.4 Å². The lowest BCUT2D eigenvalue weighted by atomic mass is 9.78. The molecule has 0 bridgehead atoms. The van der Waals surface area contributed by atoms with Gasteiger partial charge < -0.3 is 10.0 Å². The Labute approximate surface area is 151 Å². The highest BCUT2D eigenvalue weighted by Crippen LogP contribution is 2.32. The molecule has 1 N–H and O–H groups in total. The number of hydrogen-bond acceptors (Lipinski definition) is 5. The van der Waals surface area contributed by atoms with Gasteiger partial charge >= 0.3 is 5.97 Å². The van der Waals surface area contributed by atoms with E-state index in [0.29, 0.717) is 30.1 Å². The SMILES string of the molecule is O=C(O)[C@@H]1CCCC[C@H]1C(=O)N1CCN(S(=O)(=O)c2cccs2)CC1. The van der Waals surface area contributed by atoms with Crippen molar-refractivity contribution in [1.29, 1.82) is 0 Å². The summed E-state index contributed by atoms with van der Waals surface area (Å²) < 4.78 is 26.8. The van der Waals surface area contributed by atoms with Gasteiger partial charge in [0.1, 0.15) is 4.21 Å². The van der Waals surface area contributed by atoms with E-state index < -0.39 is 27.8 Å². The number of carbonyl (C=O) groups excluding carboxylic acids is 1. The van der Waals surface area contributed by atoms with Gasteiger partial charge in [0.25, 0.3) is 10.0 Å². The molecular formula is C16H22N2O5S2. The van der Waals surface area contributed by atoms with Gasteiger partial charge in [0.15, 0.2) is 0 Å². The van der Waals surface area contributed by atoms with E-state index in [9.17, 15) is 23.1 Å². The molecule has 0 spiro atoms. The Bertz CT molecular complexity index is 724. The maximum absolute atomic E-state index is 12.7. The highest BCUT2D eigenvalue weighted by atomic mass is 32.2. The van der Waals surface area contributed by atoms with Crippen molar-refractivity contribution in [3.05, 3.63) is 17.5 Å². The average Bonchev–Trinajstić information content (AvgIpc) is 3.16. The third-order valence-electron chi connectivity index (χ3n) is 5.04. The number of carboxylic acids is 1. The van der Waals surface area contributed by atoms with Gasteiger partial charge in [0, 0.05) is 26.2 Å². The van der Waals surface area contributed by atoms with E-state index in [2.05, 4.69) is 0 Å². The van der Waals surface area contributed by atoms with E-state index in [4.69, 9.17) is 0 Å². The molecule has 1 saturated carbocycles. The van der Waals surface area contributed by atoms with Crippen LogP contribution in [0.15, 0.2) is 21.7 Å². The number of thiophene rings is 1. The first-order valence-electron chi connectivity index (χ1n) is 8.46. The minimum absolute atomic E-state index is 0.139. The number of carbonyl (C=O) groups is 2. The predicted molar refractivity (Wildman–Crippen MR) is 92.7 cm³/mol. The monoisotopic (exact) mass is 386 g/mol. The van der Waals surface area contributed by atoms with Gasteiger partial charge in [-0.25, -0.2) is 8.42 Å². The highest BCUT2D eigenvalue weighted by Gasteiger charge is 2.39. The fourth-order valence-electron chi connectivity index (χ4n) is 3.64. The van der Waals surface area contributed by atoms with Crippen LogP contribution < -0.4 is 0 Å². The van der Waals surface area contributed by atoms with E-state index in [1.807, 2.05) is 0 Å². The molecule has 1 aliphatic heterocycles. The summed E-state index contributed by atoms with van der Waals surface area (Å²) in [5, 5.41) is 11.1. The zero-order valence-electron chi connectivity index (χ0n) is 13.8. The predicted octanol–water partition coefficient (Wildman–Crippen LogP) is 1.47. The molecule has 1 saturated heterocycles. The Morgan fingerprint density at radius 2 is 1.72 bits per heavy atom. The third-order valence-corrected chi connectivity index (χ3v) is 8.31. The van der Waals surface area contributed by atoms with Crippen LogP contribution in [0.2, 0.25) is 0 Å². The van der Waals surface area contributed by atoms with Crippen molar-refractivity contribution in [1.82, 2.24) is 9.21 Å². The van der Waals surface area contributed by atoms with Gasteiger partial charge in [-0.1, -0.05) is 18.9 Å². The number of sulfonamides is 1. The molecule has 2 atom stereocenters. The van der Waals surface area contributed by atoms with Crippen molar-refractivity contribution in [3.8, 4) is 0 Å². The zero-order valence-corrected chi connectivity index (χ0v) is 15.5. The molecule has 138 valence electrons. The van der Waals surface area contributed by atoms with E-state index >= 15 is 0 Å². The van der Waals surface area contributed by atoms with Gasteiger partial charge in [0.05, 0.1) is 11.8 Å². The van der Waals surface area contributed by atoms with Crippen molar-refractivity contribution in [2.45, 2.75) is 29.9 Å². The molecule has 1 aliphatic carbocycles. The Morgan fingerprint density at radius 3 is 2.28 bits per heavy atom. The molecule has 1 aromatic rings. The Kier molecular flexibility index (Phi) is 5.45. The van der Waals surface area contributed by atoms with Gasteiger partial charge in [-0.15, -0.1) is 11.3 Å². The third kappa shape index (κ3) is 3.73. The summed E-state index contributed by atoms with van der Waals surface area (Å²) in [6.45, 7) is 1.12. The molecular weight excluding hydrogens is 364 g/mol. The van der Waals surface area contributed by atoms with Crippen LogP contribution in [0.3, 0.4) is 0 Å². The van der Waals surface area contributed by atoms with Crippen LogP contribution in [-0.2, 0) is 19.6 Å². The number of amides is 1. The van der Waals surface area contributed by atoms with Gasteiger partial charge in [0.2, 0.25) is 5.91 Å². The lowest BCUT2D eigenvalue weighted by Gasteiger charge is -2.37. The fraction of sp³-hybridized carbons (Fsp3) is 0.625. The van der Waals surface area contributed by atoms with Gasteiger partial charge in [-0.3, -0.25) is 9.59 Å². The molecule has 2 fully saturated rings. The summed E-state index contributed by atoms with van der Waals surface area (Å²) >= 11 is 1.18. The number of aliphatic carboxylic acids is 1. The van der Waals surface area contributed by atoms with Crippen LogP contribution in [0.4, 0.5) is 0 Å². The molecule has 2 heterocycles. The number of piperazine rings is 1. The van der Waals surface area contributed by atoms with Crippen LogP contribution in [0.1, 0.15) is 25.7 Å². The molecule has 7 nitrogen and oxygen atoms in total. The minimum atomic E-state index is -3.50. The maximum Gasteiger partial charge on any atom is 0.307 e. The normalized spacial score (nSPS) is 25.7. The summed E-state index contributed by atoms with van der Waals surface area (Å²) in [5.41, 5.74) is 0. The topological polar surface area (TPSA) is 95.0 Å². The minimum Gasteiger partial charge on any atom is -0.481 e. The van der Waals surface area contributed by atoms with Gasteiger partial charge in [-0.05, 0) is 24.3 Å². The van der Waals surface area contributed by atoms with Crippen molar-refractivity contribution < 1.29 is 23.1 Å². The smallest absolute Gasteiger partial charge is 0.307 e. The summed E-state index contributed by atoms with van der Waals surface area (Å²) in [4.78, 5) is 25.8. The molecule has 0 aromatic carbocycles. The van der Waals surface area contributed by atoms with Crippen molar-refractivity contribution in [2.75, 3.05) is 26.2 Å². The van der Waals surface area contributed by atoms with E-state index in [0.717, 1.165) is 12.8 Å². The number of carboxylic acid groups (broad SMARTS) is 1. The quantitative estimate of drug-likeness (QED) is 0.846. The summed E-state index contributed by atoms with van der Waals surface area (Å²) in [5.74, 6) is -2.14.